The standard InChI is InChI=1S/C22H19N3O4S/c1-13(2)28-16-6-3-14(4-7-16)22-24-20(29-25-22)10-21-23-17(11-30-21)15-5-8-18-19(9-15)27-12-26-18/h3-9,11,13H,10,12H2,1-2H3. The molecule has 0 saturated carbocycles. The molecule has 30 heavy (non-hydrogen) atoms. The first-order chi connectivity index (χ1) is 14.6. The topological polar surface area (TPSA) is 79.5 Å². The van der Waals surface area contributed by atoms with E-state index in [-0.39, 0.29) is 12.9 Å². The van der Waals surface area contributed by atoms with Crippen LogP contribution >= 0.6 is 11.3 Å². The van der Waals surface area contributed by atoms with Crippen LogP contribution in [0.5, 0.6) is 17.2 Å². The van der Waals surface area contributed by atoms with Crippen LogP contribution < -0.4 is 14.2 Å². The molecule has 8 heteroatoms. The second kappa shape index (κ2) is 7.79. The van der Waals surface area contributed by atoms with Crippen molar-refractivity contribution < 1.29 is 18.7 Å². The fraction of sp³-hybridized carbons (Fsp3) is 0.227. The predicted octanol–water partition coefficient (Wildman–Crippen LogP) is 4.97. The molecule has 7 nitrogen and oxygen atoms in total. The van der Waals surface area contributed by atoms with Gasteiger partial charge in [0.1, 0.15) is 10.8 Å². The minimum absolute atomic E-state index is 0.133. The van der Waals surface area contributed by atoms with Crippen LogP contribution in [0.2, 0.25) is 0 Å². The third-order valence-electron chi connectivity index (χ3n) is 4.47. The number of thiazole rings is 1. The van der Waals surface area contributed by atoms with Gasteiger partial charge in [-0.2, -0.15) is 4.98 Å². The van der Waals surface area contributed by atoms with Crippen LogP contribution in [0.1, 0.15) is 24.7 Å². The number of ether oxygens (including phenoxy) is 3. The lowest BCUT2D eigenvalue weighted by Crippen LogP contribution is -2.05. The lowest BCUT2D eigenvalue weighted by molar-refractivity contribution is 0.174. The highest BCUT2D eigenvalue weighted by molar-refractivity contribution is 7.10. The fourth-order valence-corrected chi connectivity index (χ4v) is 3.90. The molecule has 3 heterocycles. The molecule has 1 aliphatic heterocycles. The average Bonchev–Trinajstić information content (AvgIpc) is 3.49. The Morgan fingerprint density at radius 2 is 1.80 bits per heavy atom. The van der Waals surface area contributed by atoms with Crippen LogP contribution in [0.3, 0.4) is 0 Å². The van der Waals surface area contributed by atoms with Gasteiger partial charge in [-0.25, -0.2) is 4.98 Å². The fourth-order valence-electron chi connectivity index (χ4n) is 3.11. The van der Waals surface area contributed by atoms with E-state index in [2.05, 4.69) is 10.1 Å². The van der Waals surface area contributed by atoms with Crippen molar-refractivity contribution in [2.45, 2.75) is 26.4 Å². The molecular formula is C22H19N3O4S. The van der Waals surface area contributed by atoms with Gasteiger partial charge < -0.3 is 18.7 Å². The maximum Gasteiger partial charge on any atom is 0.233 e. The van der Waals surface area contributed by atoms with E-state index in [4.69, 9.17) is 23.7 Å². The van der Waals surface area contributed by atoms with Crippen molar-refractivity contribution in [3.05, 3.63) is 58.7 Å². The Morgan fingerprint density at radius 1 is 1.00 bits per heavy atom. The van der Waals surface area contributed by atoms with Gasteiger partial charge in [0.05, 0.1) is 18.2 Å². The van der Waals surface area contributed by atoms with E-state index in [1.165, 1.54) is 0 Å². The normalized spacial score (nSPS) is 12.5. The summed E-state index contributed by atoms with van der Waals surface area (Å²) < 4.78 is 21.9. The summed E-state index contributed by atoms with van der Waals surface area (Å²) in [6.45, 7) is 4.25. The number of rotatable bonds is 6. The summed E-state index contributed by atoms with van der Waals surface area (Å²) in [7, 11) is 0. The van der Waals surface area contributed by atoms with Crippen LogP contribution in [-0.4, -0.2) is 28.0 Å². The van der Waals surface area contributed by atoms with Gasteiger partial charge in [0, 0.05) is 16.5 Å². The molecule has 0 fully saturated rings. The van der Waals surface area contributed by atoms with Gasteiger partial charge in [-0.05, 0) is 56.3 Å². The molecule has 2 aromatic heterocycles. The zero-order chi connectivity index (χ0) is 20.5. The van der Waals surface area contributed by atoms with Gasteiger partial charge in [0.15, 0.2) is 11.5 Å². The van der Waals surface area contributed by atoms with Crippen LogP contribution in [0.15, 0.2) is 52.4 Å². The largest absolute Gasteiger partial charge is 0.491 e. The van der Waals surface area contributed by atoms with Crippen molar-refractivity contribution in [2.24, 2.45) is 0 Å². The molecule has 0 N–H and O–H groups in total. The summed E-state index contributed by atoms with van der Waals surface area (Å²) >= 11 is 1.56. The third-order valence-corrected chi connectivity index (χ3v) is 5.32. The van der Waals surface area contributed by atoms with E-state index >= 15 is 0 Å². The highest BCUT2D eigenvalue weighted by Crippen LogP contribution is 2.36. The van der Waals surface area contributed by atoms with Crippen molar-refractivity contribution in [3.63, 3.8) is 0 Å². The molecule has 4 aromatic rings. The van der Waals surface area contributed by atoms with Gasteiger partial charge in [0.2, 0.25) is 18.5 Å². The van der Waals surface area contributed by atoms with Crippen molar-refractivity contribution in [3.8, 4) is 39.9 Å². The quantitative estimate of drug-likeness (QED) is 0.435. The molecule has 0 bridgehead atoms. The summed E-state index contributed by atoms with van der Waals surface area (Å²) in [6.07, 6.45) is 0.616. The van der Waals surface area contributed by atoms with Gasteiger partial charge in [-0.1, -0.05) is 5.16 Å². The van der Waals surface area contributed by atoms with E-state index in [0.717, 1.165) is 39.1 Å². The van der Waals surface area contributed by atoms with Crippen LogP contribution in [0, 0.1) is 0 Å². The molecule has 0 saturated heterocycles. The van der Waals surface area contributed by atoms with Gasteiger partial charge in [0.25, 0.3) is 0 Å². The Balaban J connectivity index is 1.29. The monoisotopic (exact) mass is 421 g/mol. The molecule has 0 amide bonds. The summed E-state index contributed by atoms with van der Waals surface area (Å²) in [5.74, 6) is 3.40. The molecule has 2 aromatic carbocycles. The summed E-state index contributed by atoms with van der Waals surface area (Å²) in [5.41, 5.74) is 2.74. The van der Waals surface area contributed by atoms with E-state index < -0.39 is 0 Å². The lowest BCUT2D eigenvalue weighted by atomic mass is 10.1. The van der Waals surface area contributed by atoms with Gasteiger partial charge >= 0.3 is 0 Å². The van der Waals surface area contributed by atoms with Crippen LogP contribution in [-0.2, 0) is 6.42 Å². The van der Waals surface area contributed by atoms with E-state index in [0.29, 0.717) is 18.1 Å². The van der Waals surface area contributed by atoms with Crippen molar-refractivity contribution >= 4 is 11.3 Å². The maximum atomic E-state index is 5.67. The highest BCUT2D eigenvalue weighted by atomic mass is 32.1. The second-order valence-corrected chi connectivity index (χ2v) is 8.02. The minimum atomic E-state index is 0.133. The molecule has 0 radical (unpaired) electrons. The van der Waals surface area contributed by atoms with E-state index in [1.807, 2.05) is 61.7 Å². The first-order valence-corrected chi connectivity index (χ1v) is 10.5. The third kappa shape index (κ3) is 3.86. The number of benzene rings is 2. The van der Waals surface area contributed by atoms with Gasteiger partial charge in [-0.15, -0.1) is 11.3 Å². The molecular weight excluding hydrogens is 402 g/mol. The Bertz CT molecular complexity index is 1170. The SMILES string of the molecule is CC(C)Oc1ccc(-c2noc(Cc3nc(-c4ccc5c(c4)OCO5)cs3)n2)cc1. The van der Waals surface area contributed by atoms with Crippen molar-refractivity contribution in [1.29, 1.82) is 0 Å². The molecule has 1 aliphatic rings. The average molecular weight is 421 g/mol. The zero-order valence-corrected chi connectivity index (χ0v) is 17.3. The Labute approximate surface area is 177 Å². The second-order valence-electron chi connectivity index (χ2n) is 7.07. The molecule has 0 atom stereocenters. The maximum absolute atomic E-state index is 5.67. The van der Waals surface area contributed by atoms with Crippen molar-refractivity contribution in [1.82, 2.24) is 15.1 Å². The minimum Gasteiger partial charge on any atom is -0.491 e. The number of aromatic nitrogens is 3. The number of fused-ring (bicyclic) bond motifs is 1. The highest BCUT2D eigenvalue weighted by Gasteiger charge is 2.16. The number of nitrogens with zero attached hydrogens (tertiary/aromatic N) is 3. The lowest BCUT2D eigenvalue weighted by Gasteiger charge is -2.09. The summed E-state index contributed by atoms with van der Waals surface area (Å²) in [6, 6.07) is 13.5. The Kier molecular flexibility index (Phi) is 4.84. The smallest absolute Gasteiger partial charge is 0.233 e. The first kappa shape index (κ1) is 18.6. The first-order valence-electron chi connectivity index (χ1n) is 9.58. The van der Waals surface area contributed by atoms with Crippen LogP contribution in [0.4, 0.5) is 0 Å². The Hall–Kier alpha value is -3.39. The predicted molar refractivity (Wildman–Crippen MR) is 112 cm³/mol. The van der Waals surface area contributed by atoms with E-state index in [9.17, 15) is 0 Å². The molecule has 0 aliphatic carbocycles. The Morgan fingerprint density at radius 3 is 2.63 bits per heavy atom. The number of hydrogen-bond acceptors (Lipinski definition) is 8. The van der Waals surface area contributed by atoms with Crippen molar-refractivity contribution in [2.75, 3.05) is 6.79 Å². The summed E-state index contributed by atoms with van der Waals surface area (Å²) in [5, 5.41) is 7.01. The van der Waals surface area contributed by atoms with Gasteiger partial charge in [-0.3, -0.25) is 0 Å². The number of hydrogen-bond donors (Lipinski definition) is 0. The molecule has 0 unspecified atom stereocenters. The van der Waals surface area contributed by atoms with E-state index in [1.54, 1.807) is 11.3 Å². The molecule has 5 rings (SSSR count). The zero-order valence-electron chi connectivity index (χ0n) is 16.5. The molecule has 152 valence electrons. The molecule has 0 spiro atoms. The van der Waals surface area contributed by atoms with Crippen LogP contribution in [0.25, 0.3) is 22.6 Å². The summed E-state index contributed by atoms with van der Waals surface area (Å²) in [4.78, 5) is 9.21.